The molecule has 0 unspecified atom stereocenters. The fourth-order valence-electron chi connectivity index (χ4n) is 5.94. The monoisotopic (exact) mass is 527 g/mol. The van der Waals surface area contributed by atoms with Crippen LogP contribution in [0.5, 0.6) is 0 Å². The first-order chi connectivity index (χ1) is 19.1. The molecule has 5 heterocycles. The van der Waals surface area contributed by atoms with E-state index in [0.717, 1.165) is 76.8 Å². The summed E-state index contributed by atoms with van der Waals surface area (Å²) < 4.78 is 27.3. The average Bonchev–Trinajstić information content (AvgIpc) is 3.58. The first kappa shape index (κ1) is 24.1. The van der Waals surface area contributed by atoms with Crippen LogP contribution in [0, 0.1) is 5.82 Å². The van der Waals surface area contributed by atoms with Crippen molar-refractivity contribution in [1.82, 2.24) is 19.8 Å². The van der Waals surface area contributed by atoms with Crippen LogP contribution in [0.4, 0.5) is 10.1 Å². The van der Waals surface area contributed by atoms with Crippen molar-refractivity contribution in [1.29, 1.82) is 0 Å². The molecule has 0 atom stereocenters. The number of amides is 1. The quantitative estimate of drug-likeness (QED) is 0.355. The Morgan fingerprint density at radius 3 is 2.72 bits per heavy atom. The molecule has 2 fully saturated rings. The first-order valence-corrected chi connectivity index (χ1v) is 13.5. The van der Waals surface area contributed by atoms with Gasteiger partial charge in [-0.25, -0.2) is 9.37 Å². The predicted molar refractivity (Wildman–Crippen MR) is 149 cm³/mol. The highest BCUT2D eigenvalue weighted by Gasteiger charge is 2.25. The van der Waals surface area contributed by atoms with Gasteiger partial charge in [-0.2, -0.15) is 0 Å². The smallest absolute Gasteiger partial charge is 0.236 e. The van der Waals surface area contributed by atoms with Gasteiger partial charge in [0.05, 0.1) is 25.4 Å². The van der Waals surface area contributed by atoms with Crippen molar-refractivity contribution in [3.05, 3.63) is 60.2 Å². The summed E-state index contributed by atoms with van der Waals surface area (Å²) in [6, 6.07) is 11.3. The van der Waals surface area contributed by atoms with Crippen LogP contribution in [-0.2, 0) is 16.1 Å². The number of aromatic nitrogens is 2. The zero-order valence-electron chi connectivity index (χ0n) is 21.9. The minimum atomic E-state index is -0.267. The van der Waals surface area contributed by atoms with Crippen molar-refractivity contribution in [3.8, 4) is 11.1 Å². The number of benzene rings is 2. The molecule has 1 amide bonds. The number of hydrogen-bond donors (Lipinski definition) is 1. The molecule has 8 nitrogen and oxygen atoms in total. The number of furan rings is 1. The molecule has 2 aliphatic heterocycles. The van der Waals surface area contributed by atoms with Gasteiger partial charge in [0.25, 0.3) is 0 Å². The number of fused-ring (bicyclic) bond motifs is 4. The van der Waals surface area contributed by atoms with Gasteiger partial charge in [0.1, 0.15) is 5.82 Å². The topological polar surface area (TPSA) is 77.8 Å². The Hall–Kier alpha value is -3.95. The molecule has 39 heavy (non-hydrogen) atoms. The molecule has 3 aromatic heterocycles. The standard InChI is InChI=1S/C30H30FN5O3/c1-2-35-8-7-34(18-27(35)37)17-19-13-23-22-14-20(28-21-5-6-32-25(21)4-3-24(28)31)15-26(36-9-11-38-12-10-36)29(22)39-30(23)33-16-19/h3-6,13-16,32H,2,7-12,17-18H2,1H3. The van der Waals surface area contributed by atoms with E-state index in [-0.39, 0.29) is 11.7 Å². The van der Waals surface area contributed by atoms with Crippen LogP contribution < -0.4 is 4.90 Å². The number of likely N-dealkylation sites (N-methyl/N-ethyl adjacent to an activating group) is 1. The van der Waals surface area contributed by atoms with E-state index < -0.39 is 0 Å². The van der Waals surface area contributed by atoms with E-state index in [0.29, 0.717) is 37.6 Å². The van der Waals surface area contributed by atoms with Gasteiger partial charge in [-0.05, 0) is 54.4 Å². The molecule has 0 aliphatic carbocycles. The van der Waals surface area contributed by atoms with Crippen LogP contribution in [0.25, 0.3) is 44.1 Å². The zero-order valence-corrected chi connectivity index (χ0v) is 21.9. The van der Waals surface area contributed by atoms with Gasteiger partial charge in [-0.15, -0.1) is 0 Å². The Morgan fingerprint density at radius 2 is 1.90 bits per heavy atom. The Kier molecular flexibility index (Phi) is 5.97. The van der Waals surface area contributed by atoms with E-state index in [9.17, 15) is 4.79 Å². The second-order valence-corrected chi connectivity index (χ2v) is 10.3. The van der Waals surface area contributed by atoms with Crippen LogP contribution in [0.3, 0.4) is 0 Å². The van der Waals surface area contributed by atoms with Gasteiger partial charge in [0.2, 0.25) is 11.6 Å². The largest absolute Gasteiger partial charge is 0.436 e. The van der Waals surface area contributed by atoms with Crippen molar-refractivity contribution < 1.29 is 18.3 Å². The summed E-state index contributed by atoms with van der Waals surface area (Å²) in [7, 11) is 0. The van der Waals surface area contributed by atoms with Crippen LogP contribution in [0.1, 0.15) is 12.5 Å². The highest BCUT2D eigenvalue weighted by atomic mass is 19.1. The Morgan fingerprint density at radius 1 is 1.03 bits per heavy atom. The zero-order chi connectivity index (χ0) is 26.5. The van der Waals surface area contributed by atoms with Gasteiger partial charge < -0.3 is 23.9 Å². The molecule has 1 N–H and O–H groups in total. The number of hydrogen-bond acceptors (Lipinski definition) is 6. The maximum absolute atomic E-state index is 15.4. The van der Waals surface area contributed by atoms with E-state index in [1.165, 1.54) is 6.07 Å². The summed E-state index contributed by atoms with van der Waals surface area (Å²) in [6.07, 6.45) is 3.67. The maximum atomic E-state index is 15.4. The molecule has 7 rings (SSSR count). The molecule has 0 radical (unpaired) electrons. The number of carbonyl (C=O) groups is 1. The van der Waals surface area contributed by atoms with Gasteiger partial charge in [0.15, 0.2) is 5.58 Å². The van der Waals surface area contributed by atoms with Crippen molar-refractivity contribution in [3.63, 3.8) is 0 Å². The molecule has 200 valence electrons. The van der Waals surface area contributed by atoms with Crippen molar-refractivity contribution in [2.75, 3.05) is 57.4 Å². The molecule has 9 heteroatoms. The lowest BCUT2D eigenvalue weighted by atomic mass is 9.97. The lowest BCUT2D eigenvalue weighted by Crippen LogP contribution is -2.49. The number of piperazine rings is 1. The number of aromatic amines is 1. The molecule has 0 saturated carbocycles. The molecule has 0 spiro atoms. The van der Waals surface area contributed by atoms with Gasteiger partial charge in [-0.1, -0.05) is 0 Å². The predicted octanol–water partition coefficient (Wildman–Crippen LogP) is 4.77. The second-order valence-electron chi connectivity index (χ2n) is 10.3. The van der Waals surface area contributed by atoms with Crippen LogP contribution >= 0.6 is 0 Å². The van der Waals surface area contributed by atoms with Gasteiger partial charge >= 0.3 is 0 Å². The SMILES string of the molecule is CCN1CCN(Cc2cnc3oc4c(N5CCOCC5)cc(-c5c(F)ccc6[nH]ccc56)cc4c3c2)CC1=O. The number of anilines is 1. The number of halogens is 1. The Bertz CT molecular complexity index is 1700. The average molecular weight is 528 g/mol. The summed E-state index contributed by atoms with van der Waals surface area (Å²) in [5.74, 6) is -0.107. The van der Waals surface area contributed by atoms with Gasteiger partial charge in [-0.3, -0.25) is 9.69 Å². The molecule has 2 saturated heterocycles. The molecule has 2 aromatic carbocycles. The van der Waals surface area contributed by atoms with Crippen LogP contribution in [0.2, 0.25) is 0 Å². The highest BCUT2D eigenvalue weighted by molar-refractivity contribution is 6.11. The number of nitrogens with zero attached hydrogens (tertiary/aromatic N) is 4. The van der Waals surface area contributed by atoms with Crippen LogP contribution in [0.15, 0.2) is 53.2 Å². The van der Waals surface area contributed by atoms with E-state index in [2.05, 4.69) is 25.8 Å². The van der Waals surface area contributed by atoms with Crippen molar-refractivity contribution in [2.45, 2.75) is 13.5 Å². The third-order valence-corrected chi connectivity index (χ3v) is 7.98. The summed E-state index contributed by atoms with van der Waals surface area (Å²) in [5.41, 5.74) is 5.47. The lowest BCUT2D eigenvalue weighted by Gasteiger charge is -2.33. The van der Waals surface area contributed by atoms with Gasteiger partial charge in [0, 0.05) is 78.9 Å². The third kappa shape index (κ3) is 4.22. The van der Waals surface area contributed by atoms with E-state index >= 15 is 4.39 Å². The number of rotatable bonds is 5. The molecular formula is C30H30FN5O3. The third-order valence-electron chi connectivity index (χ3n) is 7.98. The van der Waals surface area contributed by atoms with E-state index in [1.807, 2.05) is 42.4 Å². The number of nitrogens with one attached hydrogen (secondary N) is 1. The van der Waals surface area contributed by atoms with Crippen molar-refractivity contribution in [2.24, 2.45) is 0 Å². The Balaban J connectivity index is 1.36. The van der Waals surface area contributed by atoms with E-state index in [1.54, 1.807) is 6.07 Å². The molecular weight excluding hydrogens is 497 g/mol. The molecule has 5 aromatic rings. The minimum Gasteiger partial charge on any atom is -0.436 e. The summed E-state index contributed by atoms with van der Waals surface area (Å²) in [4.78, 5) is 26.6. The number of H-pyrrole nitrogens is 1. The second kappa shape index (κ2) is 9.66. The van der Waals surface area contributed by atoms with Crippen molar-refractivity contribution >= 4 is 44.6 Å². The fourth-order valence-corrected chi connectivity index (χ4v) is 5.94. The molecule has 2 aliphatic rings. The summed E-state index contributed by atoms with van der Waals surface area (Å²) >= 11 is 0. The Labute approximate surface area is 224 Å². The van der Waals surface area contributed by atoms with Crippen LogP contribution in [-0.4, -0.2) is 78.2 Å². The minimum absolute atomic E-state index is 0.160. The number of pyridine rings is 1. The highest BCUT2D eigenvalue weighted by Crippen LogP contribution is 2.41. The van der Waals surface area contributed by atoms with E-state index in [4.69, 9.17) is 9.15 Å². The first-order valence-electron chi connectivity index (χ1n) is 13.5. The number of ether oxygens (including phenoxy) is 1. The number of carbonyl (C=O) groups excluding carboxylic acids is 1. The normalized spacial score (nSPS) is 17.2. The lowest BCUT2D eigenvalue weighted by molar-refractivity contribution is -0.135. The number of morpholine rings is 1. The summed E-state index contributed by atoms with van der Waals surface area (Å²) in [6.45, 7) is 8.06. The maximum Gasteiger partial charge on any atom is 0.236 e. The fraction of sp³-hybridized carbons (Fsp3) is 0.333. The summed E-state index contributed by atoms with van der Waals surface area (Å²) in [5, 5.41) is 2.63. The molecule has 0 bridgehead atoms.